The molecule has 1 N–H and O–H groups in total. The van der Waals surface area contributed by atoms with Crippen LogP contribution in [-0.2, 0) is 0 Å². The van der Waals surface area contributed by atoms with E-state index >= 15 is 0 Å². The molecule has 4 rings (SSSR count). The number of hydrogen-bond donors (Lipinski definition) is 1. The lowest BCUT2D eigenvalue weighted by Crippen LogP contribution is -2.32. The minimum atomic E-state index is -0.134. The van der Waals surface area contributed by atoms with E-state index in [0.717, 1.165) is 16.2 Å². The summed E-state index contributed by atoms with van der Waals surface area (Å²) in [6, 6.07) is 11.6. The molecule has 25 heavy (non-hydrogen) atoms. The minimum Gasteiger partial charge on any atom is -0.348 e. The molecule has 0 aliphatic carbocycles. The van der Waals surface area contributed by atoms with Crippen molar-refractivity contribution in [1.29, 1.82) is 0 Å². The summed E-state index contributed by atoms with van der Waals surface area (Å²) >= 11 is 1.65. The highest BCUT2D eigenvalue weighted by Gasteiger charge is 2.20. The molecule has 7 heteroatoms. The van der Waals surface area contributed by atoms with E-state index in [1.165, 1.54) is 0 Å². The Hall–Kier alpha value is -2.93. The number of carbonyl (C=O) groups is 1. The van der Waals surface area contributed by atoms with E-state index in [9.17, 15) is 4.79 Å². The van der Waals surface area contributed by atoms with Crippen molar-refractivity contribution in [3.8, 4) is 0 Å². The first kappa shape index (κ1) is 15.6. The van der Waals surface area contributed by atoms with Gasteiger partial charge in [0.15, 0.2) is 0 Å². The Morgan fingerprint density at radius 2 is 2.16 bits per heavy atom. The Morgan fingerprint density at radius 1 is 1.24 bits per heavy atom. The number of hydrogen-bond acceptors (Lipinski definition) is 4. The van der Waals surface area contributed by atoms with Gasteiger partial charge in [-0.15, -0.1) is 11.3 Å². The van der Waals surface area contributed by atoms with Crippen LogP contribution in [0.5, 0.6) is 0 Å². The van der Waals surface area contributed by atoms with Gasteiger partial charge >= 0.3 is 0 Å². The van der Waals surface area contributed by atoms with Crippen LogP contribution in [-0.4, -0.2) is 31.6 Å². The fraction of sp³-hybridized carbons (Fsp3) is 0.167. The van der Waals surface area contributed by atoms with Gasteiger partial charge in [-0.25, -0.2) is 4.98 Å². The first-order valence-electron chi connectivity index (χ1n) is 7.98. The third kappa shape index (κ3) is 2.94. The summed E-state index contributed by atoms with van der Waals surface area (Å²) < 4.78 is 3.69. The molecule has 126 valence electrons. The zero-order chi connectivity index (χ0) is 17.2. The van der Waals surface area contributed by atoms with Crippen LogP contribution in [0, 0.1) is 6.92 Å². The highest BCUT2D eigenvalue weighted by Crippen LogP contribution is 2.22. The predicted molar refractivity (Wildman–Crippen MR) is 96.9 cm³/mol. The van der Waals surface area contributed by atoms with Crippen molar-refractivity contribution in [3.63, 3.8) is 0 Å². The minimum absolute atomic E-state index is 0.0292. The molecular formula is C18H17N5OS. The van der Waals surface area contributed by atoms with E-state index in [0.29, 0.717) is 12.2 Å². The number of pyridine rings is 1. The summed E-state index contributed by atoms with van der Waals surface area (Å²) in [5.41, 5.74) is 2.06. The van der Waals surface area contributed by atoms with Gasteiger partial charge in [-0.05, 0) is 36.6 Å². The van der Waals surface area contributed by atoms with E-state index in [4.69, 9.17) is 0 Å². The molecule has 0 aliphatic heterocycles. The normalized spacial score (nSPS) is 12.4. The fourth-order valence-corrected chi connectivity index (χ4v) is 3.75. The van der Waals surface area contributed by atoms with Crippen molar-refractivity contribution in [3.05, 3.63) is 76.6 Å². The largest absolute Gasteiger partial charge is 0.348 e. The van der Waals surface area contributed by atoms with Crippen molar-refractivity contribution < 1.29 is 4.79 Å². The van der Waals surface area contributed by atoms with Gasteiger partial charge in [0.2, 0.25) is 0 Å². The van der Waals surface area contributed by atoms with Crippen LogP contribution in [0.15, 0.2) is 60.4 Å². The number of carbonyl (C=O) groups excluding carboxylic acids is 1. The lowest BCUT2D eigenvalue weighted by atomic mass is 10.2. The highest BCUT2D eigenvalue weighted by molar-refractivity contribution is 7.10. The van der Waals surface area contributed by atoms with Crippen molar-refractivity contribution in [2.24, 2.45) is 0 Å². The number of amides is 1. The molecule has 0 aliphatic rings. The number of rotatable bonds is 5. The number of fused-ring (bicyclic) bond motifs is 1. The second kappa shape index (κ2) is 6.52. The number of aromatic nitrogens is 4. The average Bonchev–Trinajstić information content (AvgIpc) is 3.35. The number of imidazole rings is 1. The quantitative estimate of drug-likeness (QED) is 0.601. The van der Waals surface area contributed by atoms with Crippen LogP contribution in [0.25, 0.3) is 5.65 Å². The van der Waals surface area contributed by atoms with E-state index < -0.39 is 0 Å². The molecule has 0 fully saturated rings. The van der Waals surface area contributed by atoms with Gasteiger partial charge in [-0.1, -0.05) is 12.1 Å². The smallest absolute Gasteiger partial charge is 0.270 e. The molecule has 1 amide bonds. The molecule has 0 bridgehead atoms. The van der Waals surface area contributed by atoms with Gasteiger partial charge in [-0.2, -0.15) is 5.10 Å². The summed E-state index contributed by atoms with van der Waals surface area (Å²) in [6.45, 7) is 2.31. The number of nitrogens with zero attached hydrogens (tertiary/aromatic N) is 4. The third-order valence-electron chi connectivity index (χ3n) is 4.09. The summed E-state index contributed by atoms with van der Waals surface area (Å²) in [5, 5.41) is 9.41. The fourth-order valence-electron chi connectivity index (χ4n) is 2.93. The van der Waals surface area contributed by atoms with Crippen molar-refractivity contribution in [2.45, 2.75) is 13.0 Å². The van der Waals surface area contributed by atoms with Gasteiger partial charge in [0.1, 0.15) is 17.4 Å². The Bertz CT molecular complexity index is 954. The Morgan fingerprint density at radius 3 is 2.92 bits per heavy atom. The second-order valence-electron chi connectivity index (χ2n) is 5.70. The molecule has 4 aromatic heterocycles. The monoisotopic (exact) mass is 351 g/mol. The third-order valence-corrected chi connectivity index (χ3v) is 5.06. The van der Waals surface area contributed by atoms with Crippen molar-refractivity contribution in [2.75, 3.05) is 6.54 Å². The molecule has 0 saturated carbocycles. The van der Waals surface area contributed by atoms with Crippen LogP contribution in [0.4, 0.5) is 0 Å². The molecular weight excluding hydrogens is 334 g/mol. The summed E-state index contributed by atoms with van der Waals surface area (Å²) in [6.07, 6.45) is 5.52. The maximum absolute atomic E-state index is 12.8. The molecule has 4 aromatic rings. The Kier molecular flexibility index (Phi) is 4.07. The van der Waals surface area contributed by atoms with E-state index in [2.05, 4.69) is 21.5 Å². The first-order chi connectivity index (χ1) is 12.2. The van der Waals surface area contributed by atoms with Crippen molar-refractivity contribution in [1.82, 2.24) is 24.5 Å². The van der Waals surface area contributed by atoms with Crippen LogP contribution < -0.4 is 5.32 Å². The first-order valence-corrected chi connectivity index (χ1v) is 8.86. The molecule has 0 saturated heterocycles. The maximum atomic E-state index is 12.8. The Labute approximate surface area is 148 Å². The number of aryl methyl sites for hydroxylation is 1. The van der Waals surface area contributed by atoms with E-state index in [-0.39, 0.29) is 11.9 Å². The van der Waals surface area contributed by atoms with Crippen LogP contribution >= 0.6 is 11.3 Å². The van der Waals surface area contributed by atoms with Gasteiger partial charge in [0, 0.05) is 30.0 Å². The highest BCUT2D eigenvalue weighted by atomic mass is 32.1. The SMILES string of the molecule is Cc1nc2ccccn2c1C(=O)NCC(c1cccs1)n1cccn1. The molecule has 1 atom stereocenters. The Balaban J connectivity index is 1.58. The van der Waals surface area contributed by atoms with Gasteiger partial charge < -0.3 is 5.32 Å². The molecule has 6 nitrogen and oxygen atoms in total. The standard InChI is InChI=1S/C18H17N5OS/c1-13-17(22-9-3-2-7-16(22)21-13)18(24)19-12-14(15-6-4-11-25-15)23-10-5-8-20-23/h2-11,14H,12H2,1H3,(H,19,24). The van der Waals surface area contributed by atoms with Crippen LogP contribution in [0.1, 0.15) is 27.1 Å². The lowest BCUT2D eigenvalue weighted by Gasteiger charge is -2.17. The van der Waals surface area contributed by atoms with E-state index in [1.54, 1.807) is 17.5 Å². The zero-order valence-electron chi connectivity index (χ0n) is 13.7. The van der Waals surface area contributed by atoms with Crippen LogP contribution in [0.2, 0.25) is 0 Å². The van der Waals surface area contributed by atoms with Crippen molar-refractivity contribution >= 4 is 22.9 Å². The maximum Gasteiger partial charge on any atom is 0.270 e. The molecule has 0 radical (unpaired) electrons. The molecule has 4 heterocycles. The van der Waals surface area contributed by atoms with Gasteiger partial charge in [-0.3, -0.25) is 13.9 Å². The number of nitrogens with one attached hydrogen (secondary N) is 1. The molecule has 0 spiro atoms. The summed E-state index contributed by atoms with van der Waals surface area (Å²) in [5.74, 6) is -0.134. The summed E-state index contributed by atoms with van der Waals surface area (Å²) in [7, 11) is 0. The molecule has 0 aromatic carbocycles. The number of thiophene rings is 1. The molecule has 1 unspecified atom stereocenters. The van der Waals surface area contributed by atoms with Crippen LogP contribution in [0.3, 0.4) is 0 Å². The van der Waals surface area contributed by atoms with Gasteiger partial charge in [0.05, 0.1) is 5.69 Å². The second-order valence-corrected chi connectivity index (χ2v) is 6.68. The van der Waals surface area contributed by atoms with E-state index in [1.807, 2.05) is 64.1 Å². The topological polar surface area (TPSA) is 64.2 Å². The predicted octanol–water partition coefficient (Wildman–Crippen LogP) is 2.92. The zero-order valence-corrected chi connectivity index (χ0v) is 14.5. The average molecular weight is 351 g/mol. The lowest BCUT2D eigenvalue weighted by molar-refractivity contribution is 0.0943. The summed E-state index contributed by atoms with van der Waals surface area (Å²) in [4.78, 5) is 18.4. The van der Waals surface area contributed by atoms with Gasteiger partial charge in [0.25, 0.3) is 5.91 Å².